The minimum atomic E-state index is -0.605. The van der Waals surface area contributed by atoms with E-state index in [2.05, 4.69) is 100 Å². The minimum Gasteiger partial charge on any atom is -0.336 e. The minimum absolute atomic E-state index is 0.107. The van der Waals surface area contributed by atoms with Crippen molar-refractivity contribution in [3.63, 3.8) is 0 Å². The first kappa shape index (κ1) is 23.4. The van der Waals surface area contributed by atoms with Gasteiger partial charge in [-0.15, -0.1) is 0 Å². The highest BCUT2D eigenvalue weighted by Crippen LogP contribution is 2.54. The van der Waals surface area contributed by atoms with Gasteiger partial charge in [0.25, 0.3) is 0 Å². The summed E-state index contributed by atoms with van der Waals surface area (Å²) in [6, 6.07) is 22.5. The van der Waals surface area contributed by atoms with Crippen LogP contribution >= 0.6 is 0 Å². The Morgan fingerprint density at radius 2 is 1.24 bits per heavy atom. The second-order valence-electron chi connectivity index (χ2n) is 13.4. The fraction of sp³-hybridized carbons (Fsp3) is 0.514. The summed E-state index contributed by atoms with van der Waals surface area (Å²) in [7, 11) is 0. The van der Waals surface area contributed by atoms with Crippen molar-refractivity contribution < 1.29 is 2.74 Å². The lowest BCUT2D eigenvalue weighted by molar-refractivity contribution is 0.438. The van der Waals surface area contributed by atoms with Gasteiger partial charge in [0.2, 0.25) is 0 Å². The van der Waals surface area contributed by atoms with E-state index in [1.54, 1.807) is 0 Å². The van der Waals surface area contributed by atoms with Gasteiger partial charge < -0.3 is 4.90 Å². The van der Waals surface area contributed by atoms with E-state index in [0.717, 1.165) is 62.6 Å². The Morgan fingerprint density at radius 1 is 0.658 bits per heavy atom. The molecule has 3 aliphatic rings. The molecule has 0 atom stereocenters. The SMILES string of the molecule is [2H]C1(c2ccccc2N(c2cc3c(cc2C2([2H])CCCCC2)-c2ccccc2C3(C)C)C(C)(C)C)CCCCC1. The van der Waals surface area contributed by atoms with Crippen molar-refractivity contribution in [1.29, 1.82) is 0 Å². The van der Waals surface area contributed by atoms with Gasteiger partial charge in [-0.25, -0.2) is 0 Å². The molecule has 2 saturated carbocycles. The molecule has 0 radical (unpaired) electrons. The van der Waals surface area contributed by atoms with Gasteiger partial charge in [-0.3, -0.25) is 0 Å². The third-order valence-electron chi connectivity index (χ3n) is 9.43. The Bertz CT molecular complexity index is 1400. The summed E-state index contributed by atoms with van der Waals surface area (Å²) in [6.07, 6.45) is 10.6. The average Bonchev–Trinajstić information content (AvgIpc) is 3.15. The molecule has 0 aliphatic heterocycles. The predicted octanol–water partition coefficient (Wildman–Crippen LogP) is 11.0. The molecule has 2 fully saturated rings. The van der Waals surface area contributed by atoms with E-state index < -0.39 is 11.8 Å². The molecule has 1 heteroatoms. The Balaban J connectivity index is 1.63. The summed E-state index contributed by atoms with van der Waals surface area (Å²) >= 11 is 0. The van der Waals surface area contributed by atoms with Crippen LogP contribution in [-0.2, 0) is 5.41 Å². The van der Waals surface area contributed by atoms with E-state index in [-0.39, 0.29) is 11.0 Å². The number of anilines is 2. The predicted molar refractivity (Wildman–Crippen MR) is 164 cm³/mol. The molecule has 0 spiro atoms. The topological polar surface area (TPSA) is 3.24 Å². The van der Waals surface area contributed by atoms with Crippen molar-refractivity contribution in [3.8, 4) is 11.1 Å². The molecule has 0 bridgehead atoms. The van der Waals surface area contributed by atoms with E-state index in [1.165, 1.54) is 46.3 Å². The van der Waals surface area contributed by atoms with Gasteiger partial charge in [-0.05, 0) is 110 Å². The van der Waals surface area contributed by atoms with Crippen molar-refractivity contribution >= 4 is 11.4 Å². The molecule has 200 valence electrons. The zero-order chi connectivity index (χ0) is 28.3. The third kappa shape index (κ3) is 4.41. The van der Waals surface area contributed by atoms with Gasteiger partial charge in [-0.1, -0.05) is 94.8 Å². The van der Waals surface area contributed by atoms with Crippen LogP contribution in [0.4, 0.5) is 11.4 Å². The summed E-state index contributed by atoms with van der Waals surface area (Å²) in [5.74, 6) is -1.17. The van der Waals surface area contributed by atoms with Crippen LogP contribution in [0.3, 0.4) is 0 Å². The van der Waals surface area contributed by atoms with Gasteiger partial charge >= 0.3 is 0 Å². The molecule has 38 heavy (non-hydrogen) atoms. The lowest BCUT2D eigenvalue weighted by Gasteiger charge is -2.43. The third-order valence-corrected chi connectivity index (χ3v) is 9.43. The zero-order valence-corrected chi connectivity index (χ0v) is 24.3. The maximum atomic E-state index is 9.93. The van der Waals surface area contributed by atoms with Crippen LogP contribution in [0.25, 0.3) is 11.1 Å². The van der Waals surface area contributed by atoms with Gasteiger partial charge in [-0.2, -0.15) is 0 Å². The van der Waals surface area contributed by atoms with Crippen LogP contribution < -0.4 is 4.90 Å². The first-order chi connectivity index (χ1) is 19.0. The van der Waals surface area contributed by atoms with Crippen LogP contribution in [0, 0.1) is 0 Å². The van der Waals surface area contributed by atoms with Crippen LogP contribution in [-0.4, -0.2) is 5.54 Å². The molecular weight excluding hydrogens is 458 g/mol. The number of hydrogen-bond donors (Lipinski definition) is 0. The zero-order valence-electron chi connectivity index (χ0n) is 26.3. The van der Waals surface area contributed by atoms with Crippen LogP contribution in [0.1, 0.15) is 136 Å². The second kappa shape index (κ2) is 9.89. The summed E-state index contributed by atoms with van der Waals surface area (Å²) < 4.78 is 19.6. The molecule has 0 aromatic heterocycles. The summed E-state index contributed by atoms with van der Waals surface area (Å²) in [5.41, 5.74) is 9.69. The van der Waals surface area contributed by atoms with E-state index >= 15 is 0 Å². The molecule has 0 saturated heterocycles. The van der Waals surface area contributed by atoms with Crippen molar-refractivity contribution in [2.45, 2.75) is 122 Å². The smallest absolute Gasteiger partial charge is 0.0454 e. The molecule has 0 amide bonds. The highest BCUT2D eigenvalue weighted by Gasteiger charge is 2.39. The number of hydrogen-bond acceptors (Lipinski definition) is 1. The number of rotatable bonds is 4. The summed E-state index contributed by atoms with van der Waals surface area (Å²) in [4.78, 5) is 2.52. The van der Waals surface area contributed by atoms with E-state index in [0.29, 0.717) is 0 Å². The maximum Gasteiger partial charge on any atom is 0.0454 e. The highest BCUT2D eigenvalue weighted by atomic mass is 15.2. The molecule has 0 heterocycles. The Kier molecular flexibility index (Phi) is 6.08. The largest absolute Gasteiger partial charge is 0.336 e. The molecular formula is C37H47N. The molecule has 0 unspecified atom stereocenters. The van der Waals surface area contributed by atoms with E-state index in [1.807, 2.05) is 0 Å². The summed E-state index contributed by atoms with van der Waals surface area (Å²) in [6.45, 7) is 11.6. The van der Waals surface area contributed by atoms with Crippen molar-refractivity contribution in [2.75, 3.05) is 4.90 Å². The maximum absolute atomic E-state index is 9.93. The van der Waals surface area contributed by atoms with Crippen LogP contribution in [0.2, 0.25) is 0 Å². The Morgan fingerprint density at radius 3 is 1.89 bits per heavy atom. The number of benzene rings is 3. The average molecular weight is 508 g/mol. The Labute approximate surface area is 234 Å². The van der Waals surface area contributed by atoms with Gasteiger partial charge in [0.05, 0.1) is 0 Å². The number of para-hydroxylation sites is 1. The van der Waals surface area contributed by atoms with Crippen molar-refractivity contribution in [1.82, 2.24) is 0 Å². The van der Waals surface area contributed by atoms with Gasteiger partial charge in [0, 0.05) is 25.1 Å². The lowest BCUT2D eigenvalue weighted by atomic mass is 9.78. The fourth-order valence-corrected chi connectivity index (χ4v) is 7.52. The van der Waals surface area contributed by atoms with Gasteiger partial charge in [0.15, 0.2) is 0 Å². The first-order valence-corrected chi connectivity index (χ1v) is 15.1. The standard InChI is InChI=1S/C37H47N/c1-36(2,3)38(34-23-15-13-20-28(34)26-16-8-6-9-17-26)35-25-33-31(24-30(35)27-18-10-7-11-19-27)29-21-12-14-22-32(29)37(33,4)5/h12-15,20-27H,6-11,16-19H2,1-5H3/i26D,27D. The van der Waals surface area contributed by atoms with Crippen LogP contribution in [0.15, 0.2) is 60.7 Å². The van der Waals surface area contributed by atoms with Gasteiger partial charge in [0.1, 0.15) is 0 Å². The first-order valence-electron chi connectivity index (χ1n) is 16.1. The monoisotopic (exact) mass is 507 g/mol. The fourth-order valence-electron chi connectivity index (χ4n) is 7.52. The van der Waals surface area contributed by atoms with E-state index in [4.69, 9.17) is 0 Å². The number of fused-ring (bicyclic) bond motifs is 3. The molecule has 3 aliphatic carbocycles. The molecule has 3 aromatic carbocycles. The van der Waals surface area contributed by atoms with Crippen molar-refractivity contribution in [2.24, 2.45) is 0 Å². The second-order valence-corrected chi connectivity index (χ2v) is 13.4. The molecule has 3 aromatic rings. The quantitative estimate of drug-likeness (QED) is 0.339. The molecule has 6 rings (SSSR count). The van der Waals surface area contributed by atoms with Crippen LogP contribution in [0.5, 0.6) is 0 Å². The number of nitrogens with zero attached hydrogens (tertiary/aromatic N) is 1. The Hall–Kier alpha value is -2.54. The molecule has 0 N–H and O–H groups in total. The highest BCUT2D eigenvalue weighted by molar-refractivity contribution is 5.85. The lowest BCUT2D eigenvalue weighted by Crippen LogP contribution is -2.39. The summed E-state index contributed by atoms with van der Waals surface area (Å²) in [5, 5.41) is 0. The normalized spacial score (nSPS) is 22.1. The van der Waals surface area contributed by atoms with Crippen molar-refractivity contribution in [3.05, 3.63) is 82.9 Å². The molecule has 1 nitrogen and oxygen atoms in total. The van der Waals surface area contributed by atoms with E-state index in [9.17, 15) is 2.74 Å².